The summed E-state index contributed by atoms with van der Waals surface area (Å²) in [7, 11) is 0. The molecule has 18 heavy (non-hydrogen) atoms. The van der Waals surface area contributed by atoms with Crippen molar-refractivity contribution in [1.82, 2.24) is 0 Å². The third kappa shape index (κ3) is 3.65. The van der Waals surface area contributed by atoms with Gasteiger partial charge in [0, 0.05) is 11.8 Å². The normalized spacial score (nSPS) is 19.7. The fourth-order valence-electron chi connectivity index (χ4n) is 2.61. The molecule has 100 valence electrons. The first-order valence-electron chi connectivity index (χ1n) is 6.95. The maximum Gasteiger partial charge on any atom is 0.123 e. The van der Waals surface area contributed by atoms with Crippen molar-refractivity contribution < 1.29 is 4.74 Å². The Labute approximate surface area is 115 Å². The molecular weight excluding hydrogens is 244 g/mol. The van der Waals surface area contributed by atoms with E-state index in [9.17, 15) is 0 Å². The number of rotatable bonds is 5. The SMILES string of the molecule is Cc1ccc2c(c1)CC(CCC(Cl)CC(C)C)O2. The lowest BCUT2D eigenvalue weighted by atomic mass is 10.0. The molecule has 0 saturated carbocycles. The van der Waals surface area contributed by atoms with E-state index in [2.05, 4.69) is 39.0 Å². The van der Waals surface area contributed by atoms with Crippen LogP contribution in [0, 0.1) is 12.8 Å². The monoisotopic (exact) mass is 266 g/mol. The molecule has 2 heteroatoms. The number of hydrogen-bond acceptors (Lipinski definition) is 1. The van der Waals surface area contributed by atoms with E-state index < -0.39 is 0 Å². The van der Waals surface area contributed by atoms with Gasteiger partial charge in [-0.1, -0.05) is 31.5 Å². The van der Waals surface area contributed by atoms with Crippen molar-refractivity contribution in [3.8, 4) is 5.75 Å². The van der Waals surface area contributed by atoms with Crippen molar-refractivity contribution in [2.24, 2.45) is 5.92 Å². The van der Waals surface area contributed by atoms with Crippen LogP contribution in [-0.4, -0.2) is 11.5 Å². The summed E-state index contributed by atoms with van der Waals surface area (Å²) in [4.78, 5) is 0. The lowest BCUT2D eigenvalue weighted by molar-refractivity contribution is 0.216. The van der Waals surface area contributed by atoms with Crippen LogP contribution in [0.3, 0.4) is 0 Å². The van der Waals surface area contributed by atoms with Crippen LogP contribution in [0.1, 0.15) is 44.2 Å². The summed E-state index contributed by atoms with van der Waals surface area (Å²) in [5, 5.41) is 0.291. The Morgan fingerprint density at radius 2 is 2.17 bits per heavy atom. The van der Waals surface area contributed by atoms with E-state index in [0.717, 1.165) is 31.4 Å². The molecule has 0 bridgehead atoms. The first kappa shape index (κ1) is 13.7. The molecule has 0 N–H and O–H groups in total. The third-order valence-electron chi connectivity index (χ3n) is 3.49. The topological polar surface area (TPSA) is 9.23 Å². The number of halogens is 1. The molecule has 1 aromatic rings. The minimum Gasteiger partial charge on any atom is -0.490 e. The lowest BCUT2D eigenvalue weighted by Crippen LogP contribution is -2.15. The number of aryl methyl sites for hydroxylation is 1. The highest BCUT2D eigenvalue weighted by Gasteiger charge is 2.23. The van der Waals surface area contributed by atoms with Gasteiger partial charge in [-0.3, -0.25) is 0 Å². The largest absolute Gasteiger partial charge is 0.490 e. The highest BCUT2D eigenvalue weighted by molar-refractivity contribution is 6.20. The van der Waals surface area contributed by atoms with E-state index in [1.54, 1.807) is 0 Å². The molecule has 1 heterocycles. The Balaban J connectivity index is 1.81. The zero-order valence-corrected chi connectivity index (χ0v) is 12.3. The second kappa shape index (κ2) is 5.97. The van der Waals surface area contributed by atoms with E-state index in [1.165, 1.54) is 11.1 Å². The molecule has 2 rings (SSSR count). The average molecular weight is 267 g/mol. The van der Waals surface area contributed by atoms with Crippen molar-refractivity contribution in [3.63, 3.8) is 0 Å². The Bertz CT molecular complexity index is 400. The molecule has 2 unspecified atom stereocenters. The molecule has 1 aliphatic heterocycles. The minimum absolute atomic E-state index is 0.291. The van der Waals surface area contributed by atoms with E-state index in [1.807, 2.05) is 0 Å². The predicted octanol–water partition coefficient (Wildman–Crippen LogP) is 4.73. The van der Waals surface area contributed by atoms with E-state index >= 15 is 0 Å². The molecule has 0 fully saturated rings. The molecular formula is C16H23ClO. The summed E-state index contributed by atoms with van der Waals surface area (Å²) in [6.45, 7) is 6.57. The zero-order valence-electron chi connectivity index (χ0n) is 11.6. The van der Waals surface area contributed by atoms with Gasteiger partial charge in [0.2, 0.25) is 0 Å². The van der Waals surface area contributed by atoms with Gasteiger partial charge in [-0.2, -0.15) is 0 Å². The van der Waals surface area contributed by atoms with Gasteiger partial charge in [-0.15, -0.1) is 11.6 Å². The molecule has 0 aromatic heterocycles. The quantitative estimate of drug-likeness (QED) is 0.700. The highest BCUT2D eigenvalue weighted by atomic mass is 35.5. The predicted molar refractivity (Wildman–Crippen MR) is 77.6 cm³/mol. The van der Waals surface area contributed by atoms with Crippen LogP contribution < -0.4 is 4.74 Å². The summed E-state index contributed by atoms with van der Waals surface area (Å²) in [5.41, 5.74) is 2.67. The van der Waals surface area contributed by atoms with Crippen LogP contribution in [0.5, 0.6) is 5.75 Å². The molecule has 2 atom stereocenters. The van der Waals surface area contributed by atoms with Crippen LogP contribution in [0.2, 0.25) is 0 Å². The summed E-state index contributed by atoms with van der Waals surface area (Å²) in [6, 6.07) is 6.45. The fourth-order valence-corrected chi connectivity index (χ4v) is 3.09. The number of alkyl halides is 1. The van der Waals surface area contributed by atoms with Gasteiger partial charge >= 0.3 is 0 Å². The van der Waals surface area contributed by atoms with Crippen molar-refractivity contribution in [2.45, 2.75) is 57.9 Å². The molecule has 1 aromatic carbocycles. The maximum atomic E-state index is 6.34. The molecule has 0 saturated heterocycles. The average Bonchev–Trinajstić information content (AvgIpc) is 2.67. The van der Waals surface area contributed by atoms with Crippen molar-refractivity contribution in [2.75, 3.05) is 0 Å². The summed E-state index contributed by atoms with van der Waals surface area (Å²) >= 11 is 6.34. The van der Waals surface area contributed by atoms with Crippen molar-refractivity contribution in [1.29, 1.82) is 0 Å². The lowest BCUT2D eigenvalue weighted by Gasteiger charge is -2.15. The number of benzene rings is 1. The summed E-state index contributed by atoms with van der Waals surface area (Å²) in [5.74, 6) is 1.75. The highest BCUT2D eigenvalue weighted by Crippen LogP contribution is 2.32. The van der Waals surface area contributed by atoms with Crippen LogP contribution in [-0.2, 0) is 6.42 Å². The van der Waals surface area contributed by atoms with Gasteiger partial charge in [-0.25, -0.2) is 0 Å². The van der Waals surface area contributed by atoms with Gasteiger partial charge < -0.3 is 4.74 Å². The van der Waals surface area contributed by atoms with Gasteiger partial charge in [-0.05, 0) is 43.7 Å². The number of fused-ring (bicyclic) bond motifs is 1. The first-order chi connectivity index (χ1) is 8.54. The Kier molecular flexibility index (Phi) is 4.55. The Hall–Kier alpha value is -0.690. The van der Waals surface area contributed by atoms with Crippen molar-refractivity contribution >= 4 is 11.6 Å². The summed E-state index contributed by atoms with van der Waals surface area (Å²) < 4.78 is 5.96. The first-order valence-corrected chi connectivity index (χ1v) is 7.38. The number of hydrogen-bond donors (Lipinski definition) is 0. The fraction of sp³-hybridized carbons (Fsp3) is 0.625. The second-order valence-corrected chi connectivity index (χ2v) is 6.48. The van der Waals surface area contributed by atoms with Crippen molar-refractivity contribution in [3.05, 3.63) is 29.3 Å². The van der Waals surface area contributed by atoms with Crippen LogP contribution in [0.15, 0.2) is 18.2 Å². The molecule has 0 radical (unpaired) electrons. The van der Waals surface area contributed by atoms with E-state index in [0.29, 0.717) is 17.4 Å². The molecule has 0 spiro atoms. The van der Waals surface area contributed by atoms with Crippen LogP contribution in [0.4, 0.5) is 0 Å². The van der Waals surface area contributed by atoms with Gasteiger partial charge in [0.05, 0.1) is 0 Å². The molecule has 0 aliphatic carbocycles. The van der Waals surface area contributed by atoms with Gasteiger partial charge in [0.1, 0.15) is 11.9 Å². The molecule has 0 amide bonds. The Morgan fingerprint density at radius 1 is 1.39 bits per heavy atom. The van der Waals surface area contributed by atoms with E-state index in [4.69, 9.17) is 16.3 Å². The van der Waals surface area contributed by atoms with Crippen LogP contribution >= 0.6 is 11.6 Å². The maximum absolute atomic E-state index is 6.34. The summed E-state index contributed by atoms with van der Waals surface area (Å²) in [6.07, 6.45) is 4.59. The van der Waals surface area contributed by atoms with E-state index in [-0.39, 0.29) is 0 Å². The van der Waals surface area contributed by atoms with Crippen LogP contribution in [0.25, 0.3) is 0 Å². The molecule has 1 aliphatic rings. The van der Waals surface area contributed by atoms with Gasteiger partial charge in [0.15, 0.2) is 0 Å². The molecule has 1 nitrogen and oxygen atoms in total. The van der Waals surface area contributed by atoms with Gasteiger partial charge in [0.25, 0.3) is 0 Å². The smallest absolute Gasteiger partial charge is 0.123 e. The Morgan fingerprint density at radius 3 is 2.89 bits per heavy atom. The third-order valence-corrected chi connectivity index (χ3v) is 3.88. The zero-order chi connectivity index (χ0) is 13.1. The second-order valence-electron chi connectivity index (χ2n) is 5.86. The standard InChI is InChI=1S/C16H23ClO/c1-11(2)8-14(17)5-6-15-10-13-9-12(3)4-7-16(13)18-15/h4,7,9,11,14-15H,5-6,8,10H2,1-3H3. The number of ether oxygens (including phenoxy) is 1. The minimum atomic E-state index is 0.291.